The molecule has 0 aliphatic rings. The van der Waals surface area contributed by atoms with Crippen molar-refractivity contribution in [3.05, 3.63) is 34.4 Å². The Hall–Kier alpha value is -0.820. The lowest BCUT2D eigenvalue weighted by Gasteiger charge is -2.22. The molecule has 0 saturated heterocycles. The van der Waals surface area contributed by atoms with E-state index in [0.29, 0.717) is 0 Å². The van der Waals surface area contributed by atoms with E-state index < -0.39 is 0 Å². The van der Waals surface area contributed by atoms with Crippen molar-refractivity contribution in [3.63, 3.8) is 0 Å². The second kappa shape index (κ2) is 6.94. The first kappa shape index (κ1) is 15.2. The summed E-state index contributed by atoms with van der Waals surface area (Å²) in [4.78, 5) is 0. The molecule has 2 unspecified atom stereocenters. The molecule has 0 aromatic heterocycles. The topological polar surface area (TPSA) is 12.0 Å². The van der Waals surface area contributed by atoms with E-state index in [1.165, 1.54) is 23.1 Å². The van der Waals surface area contributed by atoms with Crippen LogP contribution in [0.25, 0.3) is 0 Å². The van der Waals surface area contributed by atoms with Crippen LogP contribution in [0.2, 0.25) is 0 Å². The Morgan fingerprint density at radius 1 is 1.00 bits per heavy atom. The SMILES string of the molecule is CCNCC(C)C(C)Cc1c(C)cc(C)cc1C. The third-order valence-corrected chi connectivity index (χ3v) is 4.05. The first-order valence-electron chi connectivity index (χ1n) is 7.23. The van der Waals surface area contributed by atoms with Gasteiger partial charge in [0.05, 0.1) is 0 Å². The van der Waals surface area contributed by atoms with Gasteiger partial charge >= 0.3 is 0 Å². The summed E-state index contributed by atoms with van der Waals surface area (Å²) in [6, 6.07) is 4.62. The third-order valence-electron chi connectivity index (χ3n) is 4.05. The zero-order chi connectivity index (χ0) is 13.7. The summed E-state index contributed by atoms with van der Waals surface area (Å²) in [5.74, 6) is 1.45. The Morgan fingerprint density at radius 3 is 2.06 bits per heavy atom. The summed E-state index contributed by atoms with van der Waals surface area (Å²) >= 11 is 0. The molecule has 0 bridgehead atoms. The Balaban J connectivity index is 2.72. The average Bonchev–Trinajstić information content (AvgIpc) is 2.30. The van der Waals surface area contributed by atoms with Crippen molar-refractivity contribution in [2.45, 2.75) is 48.0 Å². The molecule has 1 nitrogen and oxygen atoms in total. The molecular weight excluding hydrogens is 218 g/mol. The molecular formula is C17H29N. The second-order valence-electron chi connectivity index (χ2n) is 5.84. The molecule has 0 fully saturated rings. The first-order valence-corrected chi connectivity index (χ1v) is 7.23. The lowest BCUT2D eigenvalue weighted by atomic mass is 9.86. The van der Waals surface area contributed by atoms with Crippen molar-refractivity contribution in [2.75, 3.05) is 13.1 Å². The highest BCUT2D eigenvalue weighted by Crippen LogP contribution is 2.23. The molecule has 0 saturated carbocycles. The van der Waals surface area contributed by atoms with Crippen molar-refractivity contribution in [2.24, 2.45) is 11.8 Å². The van der Waals surface area contributed by atoms with Crippen LogP contribution >= 0.6 is 0 Å². The molecule has 2 atom stereocenters. The van der Waals surface area contributed by atoms with Crippen molar-refractivity contribution >= 4 is 0 Å². The van der Waals surface area contributed by atoms with Gasteiger partial charge in [-0.3, -0.25) is 0 Å². The molecule has 0 spiro atoms. The summed E-state index contributed by atoms with van der Waals surface area (Å²) in [7, 11) is 0. The quantitative estimate of drug-likeness (QED) is 0.800. The Labute approximate surface area is 113 Å². The van der Waals surface area contributed by atoms with E-state index in [9.17, 15) is 0 Å². The van der Waals surface area contributed by atoms with Gasteiger partial charge in [0.1, 0.15) is 0 Å². The molecule has 1 aromatic rings. The van der Waals surface area contributed by atoms with Crippen molar-refractivity contribution in [3.8, 4) is 0 Å². The first-order chi connectivity index (χ1) is 8.45. The van der Waals surface area contributed by atoms with E-state index in [-0.39, 0.29) is 0 Å². The lowest BCUT2D eigenvalue weighted by Crippen LogP contribution is -2.26. The molecule has 1 N–H and O–H groups in total. The molecule has 1 heteroatoms. The fourth-order valence-corrected chi connectivity index (χ4v) is 2.63. The van der Waals surface area contributed by atoms with Crippen LogP contribution in [0.4, 0.5) is 0 Å². The maximum atomic E-state index is 3.45. The minimum absolute atomic E-state index is 0.726. The molecule has 18 heavy (non-hydrogen) atoms. The summed E-state index contributed by atoms with van der Waals surface area (Å²) in [6.45, 7) is 15.8. The van der Waals surface area contributed by atoms with Gasteiger partial charge in [0.25, 0.3) is 0 Å². The fraction of sp³-hybridized carbons (Fsp3) is 0.647. The van der Waals surface area contributed by atoms with Gasteiger partial charge in [0.15, 0.2) is 0 Å². The van der Waals surface area contributed by atoms with Crippen LogP contribution in [0.3, 0.4) is 0 Å². The number of rotatable bonds is 6. The van der Waals surface area contributed by atoms with Crippen molar-refractivity contribution in [1.29, 1.82) is 0 Å². The second-order valence-corrected chi connectivity index (χ2v) is 5.84. The van der Waals surface area contributed by atoms with Crippen LogP contribution in [0.1, 0.15) is 43.0 Å². The normalized spacial score (nSPS) is 14.6. The summed E-state index contributed by atoms with van der Waals surface area (Å²) in [5, 5.41) is 3.45. The zero-order valence-electron chi connectivity index (χ0n) is 12.9. The van der Waals surface area contributed by atoms with Crippen molar-refractivity contribution in [1.82, 2.24) is 5.32 Å². The van der Waals surface area contributed by atoms with E-state index in [1.54, 1.807) is 5.56 Å². The largest absolute Gasteiger partial charge is 0.317 e. The predicted molar refractivity (Wildman–Crippen MR) is 81.2 cm³/mol. The molecule has 1 aromatic carbocycles. The minimum atomic E-state index is 0.726. The fourth-order valence-electron chi connectivity index (χ4n) is 2.63. The molecule has 0 radical (unpaired) electrons. The van der Waals surface area contributed by atoms with Crippen molar-refractivity contribution < 1.29 is 0 Å². The summed E-state index contributed by atoms with van der Waals surface area (Å²) in [6.07, 6.45) is 1.20. The summed E-state index contributed by atoms with van der Waals surface area (Å²) in [5.41, 5.74) is 5.84. The Morgan fingerprint density at radius 2 is 1.56 bits per heavy atom. The van der Waals surface area contributed by atoms with Gasteiger partial charge in [-0.05, 0) is 68.8 Å². The molecule has 1 rings (SSSR count). The monoisotopic (exact) mass is 247 g/mol. The standard InChI is InChI=1S/C17H29N/c1-7-18-11-16(6)13(3)10-17-14(4)8-12(2)9-15(17)5/h8-9,13,16,18H,7,10-11H2,1-6H3. The van der Waals surface area contributed by atoms with E-state index in [2.05, 4.69) is 59.0 Å². The Kier molecular flexibility index (Phi) is 5.87. The minimum Gasteiger partial charge on any atom is -0.317 e. The number of hydrogen-bond donors (Lipinski definition) is 1. The van der Waals surface area contributed by atoms with Gasteiger partial charge in [-0.25, -0.2) is 0 Å². The van der Waals surface area contributed by atoms with Crippen LogP contribution in [-0.4, -0.2) is 13.1 Å². The maximum absolute atomic E-state index is 3.45. The number of benzene rings is 1. The van der Waals surface area contributed by atoms with Gasteiger partial charge in [-0.15, -0.1) is 0 Å². The lowest BCUT2D eigenvalue weighted by molar-refractivity contribution is 0.367. The van der Waals surface area contributed by atoms with Gasteiger partial charge in [-0.1, -0.05) is 38.5 Å². The third kappa shape index (κ3) is 4.13. The van der Waals surface area contributed by atoms with Gasteiger partial charge in [0, 0.05) is 0 Å². The van der Waals surface area contributed by atoms with Crippen LogP contribution < -0.4 is 5.32 Å². The van der Waals surface area contributed by atoms with Crippen LogP contribution in [0.15, 0.2) is 12.1 Å². The molecule has 0 heterocycles. The van der Waals surface area contributed by atoms with E-state index in [1.807, 2.05) is 0 Å². The highest BCUT2D eigenvalue weighted by atomic mass is 14.8. The number of hydrogen-bond acceptors (Lipinski definition) is 1. The maximum Gasteiger partial charge on any atom is -0.00206 e. The van der Waals surface area contributed by atoms with Gasteiger partial charge in [-0.2, -0.15) is 0 Å². The molecule has 0 aliphatic heterocycles. The van der Waals surface area contributed by atoms with E-state index in [4.69, 9.17) is 0 Å². The van der Waals surface area contributed by atoms with Crippen LogP contribution in [0.5, 0.6) is 0 Å². The summed E-state index contributed by atoms with van der Waals surface area (Å²) < 4.78 is 0. The molecule has 102 valence electrons. The highest BCUT2D eigenvalue weighted by molar-refractivity contribution is 5.37. The van der Waals surface area contributed by atoms with E-state index >= 15 is 0 Å². The number of nitrogens with one attached hydrogen (secondary N) is 1. The van der Waals surface area contributed by atoms with Crippen LogP contribution in [-0.2, 0) is 6.42 Å². The highest BCUT2D eigenvalue weighted by Gasteiger charge is 2.14. The van der Waals surface area contributed by atoms with Gasteiger partial charge < -0.3 is 5.32 Å². The average molecular weight is 247 g/mol. The molecule has 0 aliphatic carbocycles. The Bertz CT molecular complexity index is 358. The number of aryl methyl sites for hydroxylation is 3. The smallest absolute Gasteiger partial charge is 0.00206 e. The van der Waals surface area contributed by atoms with Gasteiger partial charge in [0.2, 0.25) is 0 Å². The predicted octanol–water partition coefficient (Wildman–Crippen LogP) is 4.04. The van der Waals surface area contributed by atoms with E-state index in [0.717, 1.165) is 24.9 Å². The zero-order valence-corrected chi connectivity index (χ0v) is 12.9. The molecule has 0 amide bonds. The van der Waals surface area contributed by atoms with Crippen LogP contribution in [0, 0.1) is 32.6 Å².